The second kappa shape index (κ2) is 4.50. The van der Waals surface area contributed by atoms with Gasteiger partial charge in [0.2, 0.25) is 0 Å². The Balaban J connectivity index is 2.27. The molecule has 2 rings (SSSR count). The molecule has 88 valence electrons. The number of thiophene rings is 1. The van der Waals surface area contributed by atoms with Crippen LogP contribution >= 0.6 is 11.3 Å². The Labute approximate surface area is 99.8 Å². The lowest BCUT2D eigenvalue weighted by molar-refractivity contribution is -0.121. The number of hydrogen-bond acceptors (Lipinski definition) is 4. The predicted molar refractivity (Wildman–Crippen MR) is 61.3 cm³/mol. The number of nitrogens with two attached hydrogens (primary N) is 1. The van der Waals surface area contributed by atoms with Crippen LogP contribution in [0, 0.1) is 5.82 Å². The van der Waals surface area contributed by atoms with Crippen LogP contribution < -0.4 is 5.73 Å². The van der Waals surface area contributed by atoms with Crippen molar-refractivity contribution in [2.75, 3.05) is 6.61 Å². The number of primary amides is 1. The van der Waals surface area contributed by atoms with Gasteiger partial charge in [0.1, 0.15) is 10.7 Å². The van der Waals surface area contributed by atoms with E-state index in [1.54, 1.807) is 12.1 Å². The summed E-state index contributed by atoms with van der Waals surface area (Å²) in [7, 11) is 0. The van der Waals surface area contributed by atoms with E-state index in [1.165, 1.54) is 12.1 Å². The lowest BCUT2D eigenvalue weighted by Crippen LogP contribution is -2.20. The summed E-state index contributed by atoms with van der Waals surface area (Å²) in [6.07, 6.45) is 0. The summed E-state index contributed by atoms with van der Waals surface area (Å²) in [6, 6.07) is 5.98. The first-order valence-corrected chi connectivity index (χ1v) is 5.53. The summed E-state index contributed by atoms with van der Waals surface area (Å²) in [5.74, 6) is -1.80. The van der Waals surface area contributed by atoms with Crippen LogP contribution in [0.2, 0.25) is 0 Å². The summed E-state index contributed by atoms with van der Waals surface area (Å²) in [4.78, 5) is 22.2. The molecule has 0 aliphatic heterocycles. The fraction of sp³-hybridized carbons (Fsp3) is 0.0909. The molecule has 1 aromatic carbocycles. The van der Waals surface area contributed by atoms with Crippen molar-refractivity contribution in [1.82, 2.24) is 0 Å². The number of ether oxygens (including phenoxy) is 1. The normalized spacial score (nSPS) is 10.4. The SMILES string of the molecule is NC(=O)COC(=O)c1cc2c(F)cccc2s1. The van der Waals surface area contributed by atoms with Gasteiger partial charge in [0.05, 0.1) is 0 Å². The molecule has 0 bridgehead atoms. The van der Waals surface area contributed by atoms with E-state index in [0.29, 0.717) is 10.1 Å². The molecule has 1 heterocycles. The van der Waals surface area contributed by atoms with Crippen LogP contribution in [0.3, 0.4) is 0 Å². The maximum absolute atomic E-state index is 13.4. The molecular formula is C11H8FNO3S. The molecule has 0 atom stereocenters. The van der Waals surface area contributed by atoms with Crippen molar-refractivity contribution in [3.8, 4) is 0 Å². The second-order valence-electron chi connectivity index (χ2n) is 3.30. The highest BCUT2D eigenvalue weighted by molar-refractivity contribution is 7.20. The number of carbonyl (C=O) groups excluding carboxylic acids is 2. The third-order valence-corrected chi connectivity index (χ3v) is 3.14. The molecule has 1 amide bonds. The maximum Gasteiger partial charge on any atom is 0.348 e. The minimum atomic E-state index is -0.731. The highest BCUT2D eigenvalue weighted by Crippen LogP contribution is 2.27. The third-order valence-electron chi connectivity index (χ3n) is 2.05. The molecule has 0 fully saturated rings. The molecule has 0 unspecified atom stereocenters. The molecule has 0 spiro atoms. The standard InChI is InChI=1S/C11H8FNO3S/c12-7-2-1-3-8-6(7)4-9(17-8)11(15)16-5-10(13)14/h1-4H,5H2,(H2,13,14). The third kappa shape index (κ3) is 2.42. The van der Waals surface area contributed by atoms with Gasteiger partial charge >= 0.3 is 5.97 Å². The first-order valence-electron chi connectivity index (χ1n) is 4.71. The van der Waals surface area contributed by atoms with E-state index in [2.05, 4.69) is 4.74 Å². The molecule has 4 nitrogen and oxygen atoms in total. The topological polar surface area (TPSA) is 69.4 Å². The molecule has 2 aromatic rings. The van der Waals surface area contributed by atoms with Crippen molar-refractivity contribution < 1.29 is 18.7 Å². The van der Waals surface area contributed by atoms with Gasteiger partial charge in [-0.3, -0.25) is 4.79 Å². The lowest BCUT2D eigenvalue weighted by atomic mass is 10.2. The Morgan fingerprint density at radius 1 is 1.41 bits per heavy atom. The number of hydrogen-bond donors (Lipinski definition) is 1. The van der Waals surface area contributed by atoms with Gasteiger partial charge in [0.15, 0.2) is 6.61 Å². The van der Waals surface area contributed by atoms with Crippen molar-refractivity contribution in [2.24, 2.45) is 5.73 Å². The van der Waals surface area contributed by atoms with Gasteiger partial charge in [-0.05, 0) is 18.2 Å². The molecule has 0 aliphatic rings. The molecule has 0 saturated heterocycles. The average Bonchev–Trinajstić information content (AvgIpc) is 2.71. The van der Waals surface area contributed by atoms with Gasteiger partial charge in [-0.1, -0.05) is 6.07 Å². The van der Waals surface area contributed by atoms with E-state index in [-0.39, 0.29) is 4.88 Å². The molecule has 17 heavy (non-hydrogen) atoms. The Bertz CT molecular complexity index is 593. The molecule has 0 radical (unpaired) electrons. The first-order chi connectivity index (χ1) is 8.08. The van der Waals surface area contributed by atoms with E-state index in [1.807, 2.05) is 0 Å². The van der Waals surface area contributed by atoms with Gasteiger partial charge in [-0.25, -0.2) is 9.18 Å². The average molecular weight is 253 g/mol. The quantitative estimate of drug-likeness (QED) is 0.846. The summed E-state index contributed by atoms with van der Waals surface area (Å²) in [5, 5.41) is 0.364. The molecule has 6 heteroatoms. The van der Waals surface area contributed by atoms with Gasteiger partial charge in [0.25, 0.3) is 5.91 Å². The Morgan fingerprint density at radius 2 is 2.18 bits per heavy atom. The fourth-order valence-electron chi connectivity index (χ4n) is 1.33. The molecule has 0 aliphatic carbocycles. The Morgan fingerprint density at radius 3 is 2.82 bits per heavy atom. The van der Waals surface area contributed by atoms with Crippen LogP contribution in [0.5, 0.6) is 0 Å². The van der Waals surface area contributed by atoms with Crippen LogP contribution in [-0.4, -0.2) is 18.5 Å². The van der Waals surface area contributed by atoms with E-state index in [9.17, 15) is 14.0 Å². The van der Waals surface area contributed by atoms with E-state index < -0.39 is 24.3 Å². The number of esters is 1. The maximum atomic E-state index is 13.4. The highest BCUT2D eigenvalue weighted by atomic mass is 32.1. The highest BCUT2D eigenvalue weighted by Gasteiger charge is 2.14. The van der Waals surface area contributed by atoms with Gasteiger partial charge < -0.3 is 10.5 Å². The smallest absolute Gasteiger partial charge is 0.348 e. The molecule has 2 N–H and O–H groups in total. The van der Waals surface area contributed by atoms with Crippen LogP contribution in [0.25, 0.3) is 10.1 Å². The summed E-state index contributed by atoms with van der Waals surface area (Å²) in [6.45, 7) is -0.477. The van der Waals surface area contributed by atoms with E-state index in [4.69, 9.17) is 5.73 Å². The van der Waals surface area contributed by atoms with Crippen molar-refractivity contribution in [3.05, 3.63) is 35.0 Å². The lowest BCUT2D eigenvalue weighted by Gasteiger charge is -1.98. The Hall–Kier alpha value is -1.95. The van der Waals surface area contributed by atoms with Crippen molar-refractivity contribution >= 4 is 33.3 Å². The largest absolute Gasteiger partial charge is 0.451 e. The molecule has 0 saturated carbocycles. The van der Waals surface area contributed by atoms with Gasteiger partial charge in [-0.15, -0.1) is 11.3 Å². The second-order valence-corrected chi connectivity index (χ2v) is 4.39. The first kappa shape index (κ1) is 11.5. The van der Waals surface area contributed by atoms with Crippen LogP contribution in [0.4, 0.5) is 4.39 Å². The fourth-order valence-corrected chi connectivity index (χ4v) is 2.30. The number of rotatable bonds is 3. The molecular weight excluding hydrogens is 245 g/mol. The van der Waals surface area contributed by atoms with Crippen molar-refractivity contribution in [2.45, 2.75) is 0 Å². The number of halogens is 1. The van der Waals surface area contributed by atoms with Crippen LogP contribution in [-0.2, 0) is 9.53 Å². The Kier molecular flexibility index (Phi) is 3.06. The molecule has 1 aromatic heterocycles. The van der Waals surface area contributed by atoms with Crippen LogP contribution in [0.15, 0.2) is 24.3 Å². The zero-order valence-corrected chi connectivity index (χ0v) is 9.42. The van der Waals surface area contributed by atoms with Gasteiger partial charge in [0, 0.05) is 10.1 Å². The van der Waals surface area contributed by atoms with Crippen LogP contribution in [0.1, 0.15) is 9.67 Å². The van der Waals surface area contributed by atoms with Gasteiger partial charge in [-0.2, -0.15) is 0 Å². The zero-order valence-electron chi connectivity index (χ0n) is 8.60. The number of carbonyl (C=O) groups is 2. The van der Waals surface area contributed by atoms with Crippen molar-refractivity contribution in [1.29, 1.82) is 0 Å². The predicted octanol–water partition coefficient (Wildman–Crippen LogP) is 1.68. The monoisotopic (exact) mass is 253 g/mol. The number of fused-ring (bicyclic) bond motifs is 1. The number of amides is 1. The number of benzene rings is 1. The minimum Gasteiger partial charge on any atom is -0.451 e. The van der Waals surface area contributed by atoms with Crippen molar-refractivity contribution in [3.63, 3.8) is 0 Å². The van der Waals surface area contributed by atoms with E-state index >= 15 is 0 Å². The zero-order chi connectivity index (χ0) is 12.4. The summed E-state index contributed by atoms with van der Waals surface area (Å²) in [5.41, 5.74) is 4.85. The van der Waals surface area contributed by atoms with E-state index in [0.717, 1.165) is 11.3 Å². The minimum absolute atomic E-state index is 0.242. The summed E-state index contributed by atoms with van der Waals surface area (Å²) < 4.78 is 18.6. The summed E-state index contributed by atoms with van der Waals surface area (Å²) >= 11 is 1.10.